The van der Waals surface area contributed by atoms with Crippen molar-refractivity contribution in [2.45, 2.75) is 16.7 Å². The molecule has 1 aromatic heterocycles. The number of aryl methyl sites for hydroxylation is 1. The van der Waals surface area contributed by atoms with E-state index in [4.69, 9.17) is 9.47 Å². The van der Waals surface area contributed by atoms with Gasteiger partial charge in [-0.2, -0.15) is 0 Å². The maximum atomic E-state index is 12.7. The maximum Gasteiger partial charge on any atom is 0.257 e. The highest BCUT2D eigenvalue weighted by atomic mass is 32.2. The minimum absolute atomic E-state index is 0.214. The van der Waals surface area contributed by atoms with Gasteiger partial charge in [-0.05, 0) is 31.2 Å². The van der Waals surface area contributed by atoms with Crippen molar-refractivity contribution in [2.24, 2.45) is 0 Å². The van der Waals surface area contributed by atoms with E-state index >= 15 is 0 Å². The highest BCUT2D eigenvalue weighted by Gasteiger charge is 2.18. The van der Waals surface area contributed by atoms with Crippen molar-refractivity contribution in [1.82, 2.24) is 4.98 Å². The van der Waals surface area contributed by atoms with Gasteiger partial charge in [0.25, 0.3) is 5.91 Å². The second-order valence-electron chi connectivity index (χ2n) is 6.05. The number of hydrogen-bond acceptors (Lipinski definition) is 5. The molecule has 0 unspecified atom stereocenters. The molecule has 1 aliphatic rings. The Morgan fingerprint density at radius 1 is 1.04 bits per heavy atom. The fourth-order valence-electron chi connectivity index (χ4n) is 2.66. The zero-order chi connectivity index (χ0) is 18.6. The number of pyridine rings is 1. The second kappa shape index (κ2) is 7.72. The molecule has 1 aliphatic heterocycles. The molecule has 0 bridgehead atoms. The molecule has 0 saturated heterocycles. The molecule has 27 heavy (non-hydrogen) atoms. The van der Waals surface area contributed by atoms with Crippen molar-refractivity contribution in [3.05, 3.63) is 72.1 Å². The summed E-state index contributed by atoms with van der Waals surface area (Å²) in [5.41, 5.74) is 2.05. The van der Waals surface area contributed by atoms with E-state index < -0.39 is 0 Å². The number of hydrogen-bond donors (Lipinski definition) is 1. The average molecular weight is 378 g/mol. The number of fused-ring (bicyclic) bond motifs is 1. The summed E-state index contributed by atoms with van der Waals surface area (Å²) in [6.45, 7) is 2.90. The topological polar surface area (TPSA) is 60.5 Å². The highest BCUT2D eigenvalue weighted by molar-refractivity contribution is 7.99. The molecule has 1 amide bonds. The number of ether oxygens (including phenoxy) is 2. The number of carbonyl (C=O) groups excluding carboxylic acids is 1. The molecule has 2 heterocycles. The molecule has 1 N–H and O–H groups in total. The van der Waals surface area contributed by atoms with Gasteiger partial charge >= 0.3 is 0 Å². The predicted molar refractivity (Wildman–Crippen MR) is 105 cm³/mol. The Hall–Kier alpha value is -2.99. The van der Waals surface area contributed by atoms with Gasteiger partial charge in [0.15, 0.2) is 11.5 Å². The van der Waals surface area contributed by atoms with Crippen LogP contribution in [0.3, 0.4) is 0 Å². The lowest BCUT2D eigenvalue weighted by Crippen LogP contribution is -2.17. The number of nitrogens with zero attached hydrogens (tertiary/aromatic N) is 1. The smallest absolute Gasteiger partial charge is 0.257 e. The molecule has 136 valence electrons. The standard InChI is InChI=1S/C21H18N2O3S/c1-14-7-8-15(13-22-14)21(24)23-17-11-18-19(26-10-9-25-18)12-20(17)27-16-5-3-2-4-6-16/h2-8,11-13H,9-10H2,1H3,(H,23,24). The van der Waals surface area contributed by atoms with E-state index in [2.05, 4.69) is 10.3 Å². The number of anilines is 1. The molecule has 4 rings (SSSR count). The molecule has 0 fully saturated rings. The van der Waals surface area contributed by atoms with Crippen LogP contribution in [0.15, 0.2) is 70.6 Å². The minimum atomic E-state index is -0.214. The van der Waals surface area contributed by atoms with Gasteiger partial charge in [-0.25, -0.2) is 0 Å². The van der Waals surface area contributed by atoms with Gasteiger partial charge in [0.2, 0.25) is 0 Å². The summed E-state index contributed by atoms with van der Waals surface area (Å²) in [4.78, 5) is 18.8. The van der Waals surface area contributed by atoms with Gasteiger partial charge in [-0.1, -0.05) is 30.0 Å². The van der Waals surface area contributed by atoms with Gasteiger partial charge in [-0.15, -0.1) is 0 Å². The van der Waals surface area contributed by atoms with E-state index in [1.807, 2.05) is 55.5 Å². The first kappa shape index (κ1) is 17.4. The molecular formula is C21H18N2O3S. The van der Waals surface area contributed by atoms with Crippen LogP contribution in [-0.2, 0) is 0 Å². The lowest BCUT2D eigenvalue weighted by molar-refractivity contribution is 0.102. The summed E-state index contributed by atoms with van der Waals surface area (Å²) < 4.78 is 11.4. The van der Waals surface area contributed by atoms with Gasteiger partial charge in [0, 0.05) is 33.8 Å². The third kappa shape index (κ3) is 4.06. The lowest BCUT2D eigenvalue weighted by Gasteiger charge is -2.21. The quantitative estimate of drug-likeness (QED) is 0.721. The van der Waals surface area contributed by atoms with Crippen molar-refractivity contribution >= 4 is 23.4 Å². The van der Waals surface area contributed by atoms with Crippen molar-refractivity contribution < 1.29 is 14.3 Å². The van der Waals surface area contributed by atoms with E-state index in [1.165, 1.54) is 0 Å². The van der Waals surface area contributed by atoms with Crippen molar-refractivity contribution in [3.8, 4) is 11.5 Å². The largest absolute Gasteiger partial charge is 0.486 e. The maximum absolute atomic E-state index is 12.7. The van der Waals surface area contributed by atoms with Crippen LogP contribution >= 0.6 is 11.8 Å². The first-order chi connectivity index (χ1) is 13.2. The average Bonchev–Trinajstić information content (AvgIpc) is 2.69. The van der Waals surface area contributed by atoms with Gasteiger partial charge < -0.3 is 14.8 Å². The fraction of sp³-hybridized carbons (Fsp3) is 0.143. The van der Waals surface area contributed by atoms with Crippen molar-refractivity contribution in [3.63, 3.8) is 0 Å². The predicted octanol–water partition coefficient (Wildman–Crippen LogP) is 4.56. The van der Waals surface area contributed by atoms with Gasteiger partial charge in [0.1, 0.15) is 13.2 Å². The molecule has 0 spiro atoms. The molecule has 0 aliphatic carbocycles. The van der Waals surface area contributed by atoms with Crippen molar-refractivity contribution in [1.29, 1.82) is 0 Å². The first-order valence-corrected chi connectivity index (χ1v) is 9.41. The first-order valence-electron chi connectivity index (χ1n) is 8.59. The zero-order valence-corrected chi connectivity index (χ0v) is 15.6. The van der Waals surface area contributed by atoms with Gasteiger partial charge in [0.05, 0.1) is 11.3 Å². The third-order valence-electron chi connectivity index (χ3n) is 4.04. The highest BCUT2D eigenvalue weighted by Crippen LogP contribution is 2.42. The molecule has 2 aromatic carbocycles. The van der Waals surface area contributed by atoms with E-state index in [9.17, 15) is 4.79 Å². The van der Waals surface area contributed by atoms with Gasteiger partial charge in [-0.3, -0.25) is 9.78 Å². The van der Waals surface area contributed by atoms with Crippen LogP contribution < -0.4 is 14.8 Å². The molecule has 5 nitrogen and oxygen atoms in total. The summed E-state index contributed by atoms with van der Waals surface area (Å²) in [6, 6.07) is 17.3. The van der Waals surface area contributed by atoms with E-state index in [1.54, 1.807) is 24.0 Å². The summed E-state index contributed by atoms with van der Waals surface area (Å²) in [5.74, 6) is 1.11. The molecule has 6 heteroatoms. The molecule has 0 saturated carbocycles. The van der Waals surface area contributed by atoms with E-state index in [0.717, 1.165) is 15.5 Å². The van der Waals surface area contributed by atoms with E-state index in [-0.39, 0.29) is 5.91 Å². The number of carbonyl (C=O) groups is 1. The molecular weight excluding hydrogens is 360 g/mol. The number of aromatic nitrogens is 1. The van der Waals surface area contributed by atoms with Crippen LogP contribution in [0.4, 0.5) is 5.69 Å². The third-order valence-corrected chi connectivity index (χ3v) is 5.10. The van der Waals surface area contributed by atoms with Crippen LogP contribution in [0.5, 0.6) is 11.5 Å². The molecule has 3 aromatic rings. The number of benzene rings is 2. The van der Waals surface area contributed by atoms with Crippen LogP contribution in [0.25, 0.3) is 0 Å². The summed E-state index contributed by atoms with van der Waals surface area (Å²) in [7, 11) is 0. The Balaban J connectivity index is 1.66. The Morgan fingerprint density at radius 2 is 1.78 bits per heavy atom. The minimum Gasteiger partial charge on any atom is -0.486 e. The van der Waals surface area contributed by atoms with Crippen LogP contribution in [0.1, 0.15) is 16.1 Å². The number of amides is 1. The van der Waals surface area contributed by atoms with E-state index in [0.29, 0.717) is 36.0 Å². The SMILES string of the molecule is Cc1ccc(C(=O)Nc2cc3c(cc2Sc2ccccc2)OCCO3)cn1. The Morgan fingerprint density at radius 3 is 2.48 bits per heavy atom. The van der Waals surface area contributed by atoms with Crippen LogP contribution in [0, 0.1) is 6.92 Å². The summed E-state index contributed by atoms with van der Waals surface area (Å²) in [5, 5.41) is 2.98. The van der Waals surface area contributed by atoms with Crippen LogP contribution in [0.2, 0.25) is 0 Å². The monoisotopic (exact) mass is 378 g/mol. The van der Waals surface area contributed by atoms with Crippen LogP contribution in [-0.4, -0.2) is 24.1 Å². The Labute approximate surface area is 161 Å². The Kier molecular flexibility index (Phi) is 4.98. The zero-order valence-electron chi connectivity index (χ0n) is 14.8. The second-order valence-corrected chi connectivity index (χ2v) is 7.16. The lowest BCUT2D eigenvalue weighted by atomic mass is 10.2. The molecule has 0 radical (unpaired) electrons. The number of rotatable bonds is 4. The number of nitrogens with one attached hydrogen (secondary N) is 1. The summed E-state index contributed by atoms with van der Waals surface area (Å²) in [6.07, 6.45) is 1.58. The fourth-order valence-corrected chi connectivity index (χ4v) is 3.60. The van der Waals surface area contributed by atoms with Crippen molar-refractivity contribution in [2.75, 3.05) is 18.5 Å². The molecule has 0 atom stereocenters. The normalized spacial score (nSPS) is 12.5. The summed E-state index contributed by atoms with van der Waals surface area (Å²) >= 11 is 1.56. The Bertz CT molecular complexity index is 959.